The van der Waals surface area contributed by atoms with Crippen molar-refractivity contribution in [1.82, 2.24) is 10.2 Å². The molecular formula is C12H15N3. The van der Waals surface area contributed by atoms with E-state index in [2.05, 4.69) is 47.6 Å². The number of anilines is 1. The van der Waals surface area contributed by atoms with Crippen molar-refractivity contribution in [3.8, 4) is 0 Å². The zero-order valence-electron chi connectivity index (χ0n) is 9.04. The Morgan fingerprint density at radius 3 is 2.53 bits per heavy atom. The Labute approximate surface area is 89.5 Å². The standard InChI is InChI=1S/C12H15N3/c1-9-5-10(2)7-12(6-9)13-8-11-3-4-14-15-11/h3-7,13H,8H2,1-2H3,(H,14,15). The molecule has 0 aliphatic carbocycles. The first-order valence-corrected chi connectivity index (χ1v) is 5.04. The van der Waals surface area contributed by atoms with Crippen molar-refractivity contribution in [1.29, 1.82) is 0 Å². The molecule has 0 fully saturated rings. The third-order valence-corrected chi connectivity index (χ3v) is 2.26. The fraction of sp³-hybridized carbons (Fsp3) is 0.250. The second kappa shape index (κ2) is 4.17. The molecule has 0 bridgehead atoms. The maximum atomic E-state index is 3.90. The smallest absolute Gasteiger partial charge is 0.0567 e. The molecule has 1 aromatic carbocycles. The number of hydrogen-bond acceptors (Lipinski definition) is 2. The fourth-order valence-corrected chi connectivity index (χ4v) is 1.66. The second-order valence-electron chi connectivity index (χ2n) is 3.81. The molecule has 0 saturated heterocycles. The van der Waals surface area contributed by atoms with Crippen LogP contribution >= 0.6 is 0 Å². The normalized spacial score (nSPS) is 10.3. The number of rotatable bonds is 3. The molecule has 0 radical (unpaired) electrons. The zero-order valence-corrected chi connectivity index (χ0v) is 9.04. The van der Waals surface area contributed by atoms with Gasteiger partial charge in [-0.05, 0) is 43.2 Å². The molecule has 1 aromatic heterocycles. The monoisotopic (exact) mass is 201 g/mol. The molecule has 0 saturated carbocycles. The Morgan fingerprint density at radius 2 is 1.93 bits per heavy atom. The minimum atomic E-state index is 0.781. The summed E-state index contributed by atoms with van der Waals surface area (Å²) in [6.45, 7) is 4.99. The zero-order chi connectivity index (χ0) is 10.7. The van der Waals surface area contributed by atoms with E-state index in [9.17, 15) is 0 Å². The summed E-state index contributed by atoms with van der Waals surface area (Å²) in [5, 5.41) is 10.2. The Morgan fingerprint density at radius 1 is 1.20 bits per heavy atom. The number of nitrogens with zero attached hydrogens (tertiary/aromatic N) is 1. The number of aromatic amines is 1. The summed E-state index contributed by atoms with van der Waals surface area (Å²) >= 11 is 0. The second-order valence-corrected chi connectivity index (χ2v) is 3.81. The molecule has 0 amide bonds. The van der Waals surface area contributed by atoms with E-state index in [1.54, 1.807) is 6.20 Å². The molecule has 3 heteroatoms. The van der Waals surface area contributed by atoms with Crippen LogP contribution in [0, 0.1) is 13.8 Å². The first kappa shape index (κ1) is 9.77. The van der Waals surface area contributed by atoms with E-state index >= 15 is 0 Å². The lowest BCUT2D eigenvalue weighted by molar-refractivity contribution is 0.981. The van der Waals surface area contributed by atoms with Crippen molar-refractivity contribution in [2.75, 3.05) is 5.32 Å². The highest BCUT2D eigenvalue weighted by Crippen LogP contribution is 2.14. The van der Waals surface area contributed by atoms with E-state index < -0.39 is 0 Å². The number of benzene rings is 1. The van der Waals surface area contributed by atoms with Gasteiger partial charge in [-0.15, -0.1) is 0 Å². The molecular weight excluding hydrogens is 186 g/mol. The van der Waals surface area contributed by atoms with Gasteiger partial charge in [0.1, 0.15) is 0 Å². The predicted molar refractivity (Wildman–Crippen MR) is 61.8 cm³/mol. The number of nitrogens with one attached hydrogen (secondary N) is 2. The Bertz CT molecular complexity index is 412. The maximum absolute atomic E-state index is 3.90. The van der Waals surface area contributed by atoms with Gasteiger partial charge in [-0.2, -0.15) is 5.10 Å². The fourth-order valence-electron chi connectivity index (χ4n) is 1.66. The number of aryl methyl sites for hydroxylation is 2. The van der Waals surface area contributed by atoms with Gasteiger partial charge in [0, 0.05) is 11.9 Å². The highest BCUT2D eigenvalue weighted by atomic mass is 15.1. The van der Waals surface area contributed by atoms with Gasteiger partial charge in [0.25, 0.3) is 0 Å². The summed E-state index contributed by atoms with van der Waals surface area (Å²) in [4.78, 5) is 0. The first-order valence-electron chi connectivity index (χ1n) is 5.04. The summed E-state index contributed by atoms with van der Waals surface area (Å²) in [5.41, 5.74) is 4.81. The van der Waals surface area contributed by atoms with E-state index in [1.807, 2.05) is 6.07 Å². The van der Waals surface area contributed by atoms with Gasteiger partial charge >= 0.3 is 0 Å². The summed E-state index contributed by atoms with van der Waals surface area (Å²) in [7, 11) is 0. The molecule has 0 aliphatic rings. The molecule has 2 aromatic rings. The first-order chi connectivity index (χ1) is 7.24. The largest absolute Gasteiger partial charge is 0.379 e. The number of hydrogen-bond donors (Lipinski definition) is 2. The van der Waals surface area contributed by atoms with E-state index in [0.29, 0.717) is 0 Å². The molecule has 1 heterocycles. The van der Waals surface area contributed by atoms with Crippen molar-refractivity contribution in [2.24, 2.45) is 0 Å². The van der Waals surface area contributed by atoms with Gasteiger partial charge in [0.15, 0.2) is 0 Å². The van der Waals surface area contributed by atoms with Crippen molar-refractivity contribution in [2.45, 2.75) is 20.4 Å². The van der Waals surface area contributed by atoms with Crippen LogP contribution in [0.15, 0.2) is 30.5 Å². The van der Waals surface area contributed by atoms with Crippen LogP contribution in [-0.4, -0.2) is 10.2 Å². The van der Waals surface area contributed by atoms with Gasteiger partial charge in [0.05, 0.1) is 12.2 Å². The van der Waals surface area contributed by atoms with Crippen LogP contribution in [0.1, 0.15) is 16.8 Å². The van der Waals surface area contributed by atoms with Crippen LogP contribution in [0.3, 0.4) is 0 Å². The van der Waals surface area contributed by atoms with E-state index in [4.69, 9.17) is 0 Å². The van der Waals surface area contributed by atoms with Crippen molar-refractivity contribution in [3.05, 3.63) is 47.3 Å². The van der Waals surface area contributed by atoms with Crippen LogP contribution < -0.4 is 5.32 Å². The lowest BCUT2D eigenvalue weighted by atomic mass is 10.1. The van der Waals surface area contributed by atoms with Crippen molar-refractivity contribution >= 4 is 5.69 Å². The summed E-state index contributed by atoms with van der Waals surface area (Å²) in [6.07, 6.45) is 1.76. The minimum absolute atomic E-state index is 0.781. The lowest BCUT2D eigenvalue weighted by Crippen LogP contribution is -2.00. The van der Waals surface area contributed by atoms with Crippen LogP contribution in [0.25, 0.3) is 0 Å². The quantitative estimate of drug-likeness (QED) is 0.801. The lowest BCUT2D eigenvalue weighted by Gasteiger charge is -2.07. The van der Waals surface area contributed by atoms with Crippen LogP contribution in [0.2, 0.25) is 0 Å². The Hall–Kier alpha value is -1.77. The SMILES string of the molecule is Cc1cc(C)cc(NCc2ccn[nH]2)c1. The average Bonchev–Trinajstić information content (AvgIpc) is 2.65. The van der Waals surface area contributed by atoms with E-state index in [0.717, 1.165) is 17.9 Å². The number of H-pyrrole nitrogens is 1. The molecule has 2 N–H and O–H groups in total. The topological polar surface area (TPSA) is 40.7 Å². The molecule has 0 spiro atoms. The molecule has 0 aliphatic heterocycles. The van der Waals surface area contributed by atoms with Crippen LogP contribution in [-0.2, 0) is 6.54 Å². The van der Waals surface area contributed by atoms with Gasteiger partial charge in [-0.25, -0.2) is 0 Å². The minimum Gasteiger partial charge on any atom is -0.379 e. The van der Waals surface area contributed by atoms with Crippen molar-refractivity contribution in [3.63, 3.8) is 0 Å². The highest BCUT2D eigenvalue weighted by molar-refractivity contribution is 5.48. The van der Waals surface area contributed by atoms with Gasteiger partial charge in [0.2, 0.25) is 0 Å². The molecule has 78 valence electrons. The predicted octanol–water partition coefficient (Wildman–Crippen LogP) is 2.64. The van der Waals surface area contributed by atoms with Crippen LogP contribution in [0.4, 0.5) is 5.69 Å². The molecule has 3 nitrogen and oxygen atoms in total. The van der Waals surface area contributed by atoms with E-state index in [1.165, 1.54) is 11.1 Å². The van der Waals surface area contributed by atoms with E-state index in [-0.39, 0.29) is 0 Å². The highest BCUT2D eigenvalue weighted by Gasteiger charge is 1.96. The average molecular weight is 201 g/mol. The Kier molecular flexibility index (Phi) is 2.72. The van der Waals surface area contributed by atoms with Gasteiger partial charge < -0.3 is 5.32 Å². The Balaban J connectivity index is 2.05. The molecule has 0 atom stereocenters. The molecule has 2 rings (SSSR count). The number of aromatic nitrogens is 2. The maximum Gasteiger partial charge on any atom is 0.0567 e. The summed E-state index contributed by atoms with van der Waals surface area (Å²) in [5.74, 6) is 0. The third kappa shape index (κ3) is 2.59. The van der Waals surface area contributed by atoms with Gasteiger partial charge in [-0.1, -0.05) is 6.07 Å². The molecule has 0 unspecified atom stereocenters. The van der Waals surface area contributed by atoms with Crippen molar-refractivity contribution < 1.29 is 0 Å². The summed E-state index contributed by atoms with van der Waals surface area (Å²) < 4.78 is 0. The molecule has 15 heavy (non-hydrogen) atoms. The van der Waals surface area contributed by atoms with Crippen LogP contribution in [0.5, 0.6) is 0 Å². The van der Waals surface area contributed by atoms with Gasteiger partial charge in [-0.3, -0.25) is 5.10 Å². The third-order valence-electron chi connectivity index (χ3n) is 2.26. The summed E-state index contributed by atoms with van der Waals surface area (Å²) in [6, 6.07) is 8.42.